The second-order valence-electron chi connectivity index (χ2n) is 7.73. The van der Waals surface area contributed by atoms with Crippen molar-refractivity contribution in [2.45, 2.75) is 57.5 Å². The molecule has 1 saturated carbocycles. The van der Waals surface area contributed by atoms with Crippen molar-refractivity contribution in [3.63, 3.8) is 0 Å². The highest BCUT2D eigenvalue weighted by Crippen LogP contribution is 2.20. The van der Waals surface area contributed by atoms with Crippen molar-refractivity contribution in [1.82, 2.24) is 20.9 Å². The van der Waals surface area contributed by atoms with E-state index in [0.717, 1.165) is 37.1 Å². The number of piperidine rings is 1. The largest absolute Gasteiger partial charge is 0.353 e. The molecule has 1 atom stereocenters. The second-order valence-corrected chi connectivity index (χ2v) is 8.76. The maximum atomic E-state index is 12.6. The normalized spacial score (nSPS) is 21.1. The van der Waals surface area contributed by atoms with Crippen molar-refractivity contribution >= 4 is 29.2 Å². The van der Waals surface area contributed by atoms with Crippen LogP contribution in [0.15, 0.2) is 17.5 Å². The molecule has 1 unspecified atom stereocenters. The molecule has 1 saturated heterocycles. The van der Waals surface area contributed by atoms with Gasteiger partial charge in [0.15, 0.2) is 0 Å². The van der Waals surface area contributed by atoms with Gasteiger partial charge in [-0.2, -0.15) is 0 Å². The predicted molar refractivity (Wildman–Crippen MR) is 109 cm³/mol. The Bertz CT molecular complexity index is 658. The van der Waals surface area contributed by atoms with Crippen LogP contribution < -0.4 is 16.0 Å². The van der Waals surface area contributed by atoms with Gasteiger partial charge in [-0.25, -0.2) is 4.79 Å². The molecule has 2 aliphatic rings. The fraction of sp³-hybridized carbons (Fsp3) is 0.650. The summed E-state index contributed by atoms with van der Waals surface area (Å²) in [6.45, 7) is 1.89. The van der Waals surface area contributed by atoms with E-state index in [9.17, 15) is 14.4 Å². The Morgan fingerprint density at radius 2 is 1.93 bits per heavy atom. The fourth-order valence-corrected chi connectivity index (χ4v) is 4.62. The molecule has 3 rings (SSSR count). The van der Waals surface area contributed by atoms with Gasteiger partial charge in [-0.3, -0.25) is 19.8 Å². The first-order chi connectivity index (χ1) is 13.6. The quantitative estimate of drug-likeness (QED) is 0.676. The Hall–Kier alpha value is -1.93. The molecule has 7 nitrogen and oxygen atoms in total. The molecule has 3 N–H and O–H groups in total. The molecule has 4 amide bonds. The van der Waals surface area contributed by atoms with E-state index in [1.54, 1.807) is 11.3 Å². The van der Waals surface area contributed by atoms with Crippen LogP contribution in [0.2, 0.25) is 0 Å². The first kappa shape index (κ1) is 20.8. The molecule has 1 aromatic rings. The standard InChI is InChI=1S/C20H30N4O3S/c25-18(23-20(27)21-12-17-9-5-11-28-17)14-24-10-4-6-15(13-24)19(26)22-16-7-2-1-3-8-16/h5,9,11,15-16H,1-4,6-8,10,12-14H2,(H,22,26)(H2,21,23,25,27). The van der Waals surface area contributed by atoms with Gasteiger partial charge in [0.1, 0.15) is 0 Å². The number of hydrogen-bond donors (Lipinski definition) is 3. The minimum atomic E-state index is -0.484. The number of imide groups is 1. The van der Waals surface area contributed by atoms with Crippen LogP contribution in [0.4, 0.5) is 4.79 Å². The smallest absolute Gasteiger partial charge is 0.321 e. The number of hydrogen-bond acceptors (Lipinski definition) is 5. The Morgan fingerprint density at radius 3 is 2.68 bits per heavy atom. The third kappa shape index (κ3) is 6.60. The molecule has 0 aromatic carbocycles. The number of nitrogens with zero attached hydrogens (tertiary/aromatic N) is 1. The lowest BCUT2D eigenvalue weighted by Crippen LogP contribution is -2.49. The van der Waals surface area contributed by atoms with E-state index in [0.29, 0.717) is 19.1 Å². The number of urea groups is 1. The van der Waals surface area contributed by atoms with Crippen molar-refractivity contribution < 1.29 is 14.4 Å². The van der Waals surface area contributed by atoms with Crippen LogP contribution >= 0.6 is 11.3 Å². The number of rotatable bonds is 6. The number of nitrogens with one attached hydrogen (secondary N) is 3. The summed E-state index contributed by atoms with van der Waals surface area (Å²) in [6.07, 6.45) is 7.54. The molecule has 8 heteroatoms. The molecule has 0 radical (unpaired) electrons. The highest BCUT2D eigenvalue weighted by Gasteiger charge is 2.28. The van der Waals surface area contributed by atoms with Crippen molar-refractivity contribution in [1.29, 1.82) is 0 Å². The van der Waals surface area contributed by atoms with Gasteiger partial charge in [0.05, 0.1) is 19.0 Å². The van der Waals surface area contributed by atoms with Crippen molar-refractivity contribution in [2.75, 3.05) is 19.6 Å². The summed E-state index contributed by atoms with van der Waals surface area (Å²) < 4.78 is 0. The Balaban J connectivity index is 1.37. The SMILES string of the molecule is O=C(CN1CCCC(C(=O)NC2CCCCC2)C1)NC(=O)NCc1cccs1. The molecule has 154 valence electrons. The van der Waals surface area contributed by atoms with Crippen LogP contribution in [0.25, 0.3) is 0 Å². The minimum Gasteiger partial charge on any atom is -0.353 e. The van der Waals surface area contributed by atoms with E-state index in [1.165, 1.54) is 19.3 Å². The molecule has 2 fully saturated rings. The maximum absolute atomic E-state index is 12.6. The molecule has 28 heavy (non-hydrogen) atoms. The molecule has 0 spiro atoms. The lowest BCUT2D eigenvalue weighted by Gasteiger charge is -2.33. The van der Waals surface area contributed by atoms with Crippen molar-refractivity contribution in [3.05, 3.63) is 22.4 Å². The van der Waals surface area contributed by atoms with E-state index in [2.05, 4.69) is 16.0 Å². The molecular weight excluding hydrogens is 376 g/mol. The Morgan fingerprint density at radius 1 is 1.11 bits per heavy atom. The lowest BCUT2D eigenvalue weighted by atomic mass is 9.93. The summed E-state index contributed by atoms with van der Waals surface area (Å²) in [5.41, 5.74) is 0. The van der Waals surface area contributed by atoms with Gasteiger partial charge in [-0.15, -0.1) is 11.3 Å². The van der Waals surface area contributed by atoms with Gasteiger partial charge in [0, 0.05) is 17.5 Å². The van der Waals surface area contributed by atoms with Crippen LogP contribution in [-0.4, -0.2) is 48.4 Å². The zero-order valence-electron chi connectivity index (χ0n) is 16.2. The average Bonchev–Trinajstić information content (AvgIpc) is 3.21. The highest BCUT2D eigenvalue weighted by atomic mass is 32.1. The summed E-state index contributed by atoms with van der Waals surface area (Å²) in [6, 6.07) is 3.68. The summed E-state index contributed by atoms with van der Waals surface area (Å²) in [7, 11) is 0. The fourth-order valence-electron chi connectivity index (χ4n) is 3.97. The number of carbonyl (C=O) groups is 3. The van der Waals surface area contributed by atoms with Crippen molar-refractivity contribution in [3.8, 4) is 0 Å². The van der Waals surface area contributed by atoms with Gasteiger partial charge in [0.2, 0.25) is 11.8 Å². The van der Waals surface area contributed by atoms with Crippen LogP contribution in [0.5, 0.6) is 0 Å². The highest BCUT2D eigenvalue weighted by molar-refractivity contribution is 7.09. The average molecular weight is 407 g/mol. The zero-order valence-corrected chi connectivity index (χ0v) is 17.1. The third-order valence-corrected chi connectivity index (χ3v) is 6.33. The number of amides is 4. The number of thiophene rings is 1. The molecular formula is C20H30N4O3S. The van der Waals surface area contributed by atoms with Crippen LogP contribution in [0, 0.1) is 5.92 Å². The van der Waals surface area contributed by atoms with Crippen LogP contribution in [-0.2, 0) is 16.1 Å². The van der Waals surface area contributed by atoms with Gasteiger partial charge in [-0.05, 0) is 43.7 Å². The maximum Gasteiger partial charge on any atom is 0.321 e. The molecule has 1 aliphatic heterocycles. The number of carbonyl (C=O) groups excluding carboxylic acids is 3. The molecule has 1 aliphatic carbocycles. The van der Waals surface area contributed by atoms with Gasteiger partial charge >= 0.3 is 6.03 Å². The van der Waals surface area contributed by atoms with E-state index in [4.69, 9.17) is 0 Å². The van der Waals surface area contributed by atoms with E-state index < -0.39 is 6.03 Å². The molecule has 0 bridgehead atoms. The monoisotopic (exact) mass is 406 g/mol. The van der Waals surface area contributed by atoms with E-state index >= 15 is 0 Å². The van der Waals surface area contributed by atoms with Gasteiger partial charge in [0.25, 0.3) is 0 Å². The van der Waals surface area contributed by atoms with Gasteiger partial charge in [-0.1, -0.05) is 25.3 Å². The zero-order chi connectivity index (χ0) is 19.8. The summed E-state index contributed by atoms with van der Waals surface area (Å²) >= 11 is 1.55. The predicted octanol–water partition coefficient (Wildman–Crippen LogP) is 2.23. The van der Waals surface area contributed by atoms with Crippen LogP contribution in [0.1, 0.15) is 49.8 Å². The Labute approximate surface area is 170 Å². The van der Waals surface area contributed by atoms with E-state index in [1.807, 2.05) is 22.4 Å². The molecule has 1 aromatic heterocycles. The summed E-state index contributed by atoms with van der Waals surface area (Å²) in [5, 5.41) is 10.2. The Kier molecular flexibility index (Phi) is 7.85. The van der Waals surface area contributed by atoms with E-state index in [-0.39, 0.29) is 24.3 Å². The second kappa shape index (κ2) is 10.6. The summed E-state index contributed by atoms with van der Waals surface area (Å²) in [5.74, 6) is -0.293. The van der Waals surface area contributed by atoms with Crippen LogP contribution in [0.3, 0.4) is 0 Å². The number of likely N-dealkylation sites (tertiary alicyclic amines) is 1. The summed E-state index contributed by atoms with van der Waals surface area (Å²) in [4.78, 5) is 39.6. The topological polar surface area (TPSA) is 90.5 Å². The minimum absolute atomic E-state index is 0.0730. The van der Waals surface area contributed by atoms with Crippen molar-refractivity contribution in [2.24, 2.45) is 5.92 Å². The molecule has 2 heterocycles. The first-order valence-electron chi connectivity index (χ1n) is 10.2. The van der Waals surface area contributed by atoms with Gasteiger partial charge < -0.3 is 10.6 Å². The third-order valence-electron chi connectivity index (χ3n) is 5.45. The first-order valence-corrected chi connectivity index (χ1v) is 11.1. The lowest BCUT2D eigenvalue weighted by molar-refractivity contribution is -0.129.